The van der Waals surface area contributed by atoms with Crippen molar-refractivity contribution < 1.29 is 14.6 Å². The van der Waals surface area contributed by atoms with Gasteiger partial charge in [-0.1, -0.05) is 32.0 Å². The van der Waals surface area contributed by atoms with Gasteiger partial charge in [-0.25, -0.2) is 0 Å². The van der Waals surface area contributed by atoms with E-state index in [9.17, 15) is 9.90 Å². The number of hydrogen-bond acceptors (Lipinski definition) is 3. The molecule has 0 aliphatic heterocycles. The number of aliphatic hydroxyl groups is 1. The molecule has 0 spiro atoms. The number of carbonyl (C=O) groups is 1. The van der Waals surface area contributed by atoms with Gasteiger partial charge in [0.1, 0.15) is 5.75 Å². The lowest BCUT2D eigenvalue weighted by atomic mass is 9.83. The number of benzene rings is 1. The Morgan fingerprint density at radius 1 is 1.36 bits per heavy atom. The summed E-state index contributed by atoms with van der Waals surface area (Å²) in [6.45, 7) is 4.77. The molecule has 2 N–H and O–H groups in total. The van der Waals surface area contributed by atoms with Crippen molar-refractivity contribution in [3.63, 3.8) is 0 Å². The van der Waals surface area contributed by atoms with Crippen LogP contribution in [0.2, 0.25) is 0 Å². The van der Waals surface area contributed by atoms with Gasteiger partial charge < -0.3 is 15.2 Å². The molecule has 0 saturated heterocycles. The molecule has 1 saturated carbocycles. The number of rotatable bonds is 8. The van der Waals surface area contributed by atoms with Crippen molar-refractivity contribution in [2.45, 2.75) is 39.0 Å². The molecule has 0 heterocycles. The molecular formula is C18H27NO3. The Kier molecular flexibility index (Phi) is 5.46. The molecule has 0 aromatic heterocycles. The highest BCUT2D eigenvalue weighted by molar-refractivity contribution is 5.83. The van der Waals surface area contributed by atoms with Crippen LogP contribution in [0.25, 0.3) is 0 Å². The van der Waals surface area contributed by atoms with Crippen LogP contribution in [-0.2, 0) is 4.79 Å². The predicted octanol–water partition coefficient (Wildman–Crippen LogP) is 2.71. The molecule has 1 fully saturated rings. The summed E-state index contributed by atoms with van der Waals surface area (Å²) in [5.41, 5.74) is 0.925. The van der Waals surface area contributed by atoms with E-state index in [1.54, 1.807) is 7.11 Å². The average molecular weight is 305 g/mol. The lowest BCUT2D eigenvalue weighted by Gasteiger charge is -2.29. The molecule has 1 amide bonds. The molecule has 2 rings (SSSR count). The van der Waals surface area contributed by atoms with Crippen LogP contribution in [0.5, 0.6) is 5.75 Å². The van der Waals surface area contributed by atoms with Crippen LogP contribution in [0, 0.1) is 11.3 Å². The summed E-state index contributed by atoms with van der Waals surface area (Å²) >= 11 is 0. The monoisotopic (exact) mass is 305 g/mol. The molecule has 1 aromatic carbocycles. The second-order valence-electron chi connectivity index (χ2n) is 6.27. The van der Waals surface area contributed by atoms with Crippen LogP contribution >= 0.6 is 0 Å². The Balaban J connectivity index is 1.94. The Morgan fingerprint density at radius 2 is 2.05 bits per heavy atom. The maximum Gasteiger partial charge on any atom is 0.223 e. The molecule has 0 radical (unpaired) electrons. The normalized spacial score (nSPS) is 20.5. The van der Waals surface area contributed by atoms with Gasteiger partial charge in [0.2, 0.25) is 5.91 Å². The van der Waals surface area contributed by atoms with Gasteiger partial charge in [-0.15, -0.1) is 0 Å². The summed E-state index contributed by atoms with van der Waals surface area (Å²) < 4.78 is 5.38. The first-order chi connectivity index (χ1) is 10.6. The van der Waals surface area contributed by atoms with Crippen molar-refractivity contribution in [2.75, 3.05) is 20.3 Å². The van der Waals surface area contributed by atoms with E-state index in [1.807, 2.05) is 24.3 Å². The lowest BCUT2D eigenvalue weighted by molar-refractivity contribution is -0.123. The Labute approximate surface area is 132 Å². The van der Waals surface area contributed by atoms with E-state index in [4.69, 9.17) is 4.74 Å². The van der Waals surface area contributed by atoms with Crippen molar-refractivity contribution >= 4 is 5.91 Å². The topological polar surface area (TPSA) is 58.6 Å². The van der Waals surface area contributed by atoms with E-state index in [0.29, 0.717) is 6.54 Å². The molecule has 1 aliphatic rings. The number of nitrogens with one attached hydrogen (secondary N) is 1. The third kappa shape index (κ3) is 3.43. The maximum atomic E-state index is 12.3. The average Bonchev–Trinajstić information content (AvgIpc) is 3.37. The van der Waals surface area contributed by atoms with E-state index in [1.165, 1.54) is 0 Å². The second-order valence-corrected chi connectivity index (χ2v) is 6.27. The molecule has 2 unspecified atom stereocenters. The highest BCUT2D eigenvalue weighted by Crippen LogP contribution is 2.50. The van der Waals surface area contributed by atoms with E-state index in [0.717, 1.165) is 30.6 Å². The highest BCUT2D eigenvalue weighted by atomic mass is 16.5. The molecule has 1 aliphatic carbocycles. The zero-order valence-corrected chi connectivity index (χ0v) is 13.8. The highest BCUT2D eigenvalue weighted by Gasteiger charge is 2.45. The van der Waals surface area contributed by atoms with Gasteiger partial charge in [0.15, 0.2) is 0 Å². The first-order valence-corrected chi connectivity index (χ1v) is 8.12. The van der Waals surface area contributed by atoms with Gasteiger partial charge in [0, 0.05) is 17.9 Å². The summed E-state index contributed by atoms with van der Waals surface area (Å²) in [4.78, 5) is 12.3. The van der Waals surface area contributed by atoms with Crippen molar-refractivity contribution in [1.29, 1.82) is 0 Å². The number of carbonyl (C=O) groups excluding carboxylic acids is 1. The number of hydrogen-bond donors (Lipinski definition) is 2. The minimum absolute atomic E-state index is 0.0291. The van der Waals surface area contributed by atoms with E-state index < -0.39 is 0 Å². The molecule has 4 heteroatoms. The lowest BCUT2D eigenvalue weighted by Crippen LogP contribution is -2.40. The molecule has 2 atom stereocenters. The fourth-order valence-electron chi connectivity index (χ4n) is 2.99. The second kappa shape index (κ2) is 7.14. The van der Waals surface area contributed by atoms with Crippen LogP contribution < -0.4 is 10.1 Å². The summed E-state index contributed by atoms with van der Waals surface area (Å²) in [6.07, 6.45) is 2.60. The van der Waals surface area contributed by atoms with Gasteiger partial charge in [-0.05, 0) is 36.8 Å². The quantitative estimate of drug-likeness (QED) is 0.776. The Morgan fingerprint density at radius 3 is 2.64 bits per heavy atom. The first-order valence-electron chi connectivity index (χ1n) is 8.12. The first kappa shape index (κ1) is 16.8. The number of ether oxygens (including phenoxy) is 1. The maximum absolute atomic E-state index is 12.3. The van der Waals surface area contributed by atoms with Crippen LogP contribution in [-0.4, -0.2) is 31.3 Å². The Hall–Kier alpha value is -1.55. The van der Waals surface area contributed by atoms with Gasteiger partial charge in [0.25, 0.3) is 0 Å². The van der Waals surface area contributed by atoms with E-state index in [2.05, 4.69) is 19.2 Å². The zero-order valence-electron chi connectivity index (χ0n) is 13.8. The number of para-hydroxylation sites is 1. The number of methoxy groups -OCH3 is 1. The molecular weight excluding hydrogens is 278 g/mol. The summed E-state index contributed by atoms with van der Waals surface area (Å²) in [7, 11) is 1.66. The van der Waals surface area contributed by atoms with Crippen molar-refractivity contribution in [2.24, 2.45) is 11.3 Å². The predicted molar refractivity (Wildman–Crippen MR) is 87.0 cm³/mol. The fourth-order valence-corrected chi connectivity index (χ4v) is 2.99. The van der Waals surface area contributed by atoms with Crippen molar-refractivity contribution in [1.82, 2.24) is 5.32 Å². The minimum atomic E-state index is -0.190. The minimum Gasteiger partial charge on any atom is -0.496 e. The molecule has 1 aromatic rings. The SMILES string of the molecule is CCC(CC)(CO)CNC(=O)C1CC1c1ccccc1OC. The van der Waals surface area contributed by atoms with E-state index >= 15 is 0 Å². The number of aliphatic hydroxyl groups excluding tert-OH is 1. The van der Waals surface area contributed by atoms with Crippen LogP contribution in [0.1, 0.15) is 44.6 Å². The van der Waals surface area contributed by atoms with Crippen molar-refractivity contribution in [3.05, 3.63) is 29.8 Å². The van der Waals surface area contributed by atoms with Crippen molar-refractivity contribution in [3.8, 4) is 5.75 Å². The van der Waals surface area contributed by atoms with Gasteiger partial charge in [-0.2, -0.15) is 0 Å². The summed E-state index contributed by atoms with van der Waals surface area (Å²) in [5, 5.41) is 12.6. The van der Waals surface area contributed by atoms with Crippen LogP contribution in [0.3, 0.4) is 0 Å². The smallest absolute Gasteiger partial charge is 0.223 e. The van der Waals surface area contributed by atoms with Crippen LogP contribution in [0.15, 0.2) is 24.3 Å². The number of amides is 1. The molecule has 22 heavy (non-hydrogen) atoms. The molecule has 122 valence electrons. The third-order valence-corrected chi connectivity index (χ3v) is 5.14. The fraction of sp³-hybridized carbons (Fsp3) is 0.611. The van der Waals surface area contributed by atoms with E-state index in [-0.39, 0.29) is 29.8 Å². The zero-order chi connectivity index (χ0) is 16.2. The molecule has 4 nitrogen and oxygen atoms in total. The molecule has 0 bridgehead atoms. The standard InChI is InChI=1S/C18H27NO3/c1-4-18(5-2,12-20)11-19-17(21)15-10-14(15)13-8-6-7-9-16(13)22-3/h6-9,14-15,20H,4-5,10-12H2,1-3H3,(H,19,21). The summed E-state index contributed by atoms with van der Waals surface area (Å²) in [6, 6.07) is 7.90. The van der Waals surface area contributed by atoms with Gasteiger partial charge in [0.05, 0.1) is 13.7 Å². The van der Waals surface area contributed by atoms with Gasteiger partial charge in [-0.3, -0.25) is 4.79 Å². The summed E-state index contributed by atoms with van der Waals surface area (Å²) in [5.74, 6) is 1.23. The third-order valence-electron chi connectivity index (χ3n) is 5.14. The largest absolute Gasteiger partial charge is 0.496 e. The van der Waals surface area contributed by atoms with Crippen LogP contribution in [0.4, 0.5) is 0 Å². The van der Waals surface area contributed by atoms with Gasteiger partial charge >= 0.3 is 0 Å². The Bertz CT molecular complexity index is 503.